The summed E-state index contributed by atoms with van der Waals surface area (Å²) >= 11 is 5.51. The normalized spacial score (nSPS) is 10.5. The Morgan fingerprint density at radius 3 is 2.87 bits per heavy atom. The van der Waals surface area contributed by atoms with Crippen molar-refractivity contribution in [3.05, 3.63) is 35.4 Å². The van der Waals surface area contributed by atoms with Crippen LogP contribution in [-0.2, 0) is 4.74 Å². The zero-order valence-corrected chi connectivity index (χ0v) is 9.12. The Labute approximate surface area is 93.5 Å². The second-order valence-electron chi connectivity index (χ2n) is 2.94. The van der Waals surface area contributed by atoms with Crippen LogP contribution in [0.1, 0.15) is 15.9 Å². The molecule has 15 heavy (non-hydrogen) atoms. The second kappa shape index (κ2) is 5.41. The van der Waals surface area contributed by atoms with E-state index in [0.717, 1.165) is 5.56 Å². The van der Waals surface area contributed by atoms with Gasteiger partial charge in [-0.05, 0) is 23.8 Å². The molecule has 0 aliphatic heterocycles. The molecule has 0 radical (unpaired) electrons. The largest absolute Gasteiger partial charge is 0.465 e. The van der Waals surface area contributed by atoms with Crippen LogP contribution in [0.2, 0.25) is 0 Å². The summed E-state index contributed by atoms with van der Waals surface area (Å²) in [6, 6.07) is 5.03. The molecule has 0 aliphatic carbocycles. The highest BCUT2D eigenvalue weighted by atomic mass is 35.5. The molecule has 0 aromatic heterocycles. The predicted octanol–water partition coefficient (Wildman–Crippen LogP) is 2.31. The van der Waals surface area contributed by atoms with E-state index >= 15 is 0 Å². The summed E-state index contributed by atoms with van der Waals surface area (Å²) in [7, 11) is 1.33. The van der Waals surface area contributed by atoms with Crippen molar-refractivity contribution in [2.45, 2.75) is 0 Å². The summed E-state index contributed by atoms with van der Waals surface area (Å²) in [6.07, 6.45) is 3.58. The molecule has 0 heterocycles. The fourth-order valence-corrected chi connectivity index (χ4v) is 1.28. The number of carbonyl (C=O) groups excluding carboxylic acids is 1. The summed E-state index contributed by atoms with van der Waals surface area (Å²) in [4.78, 5) is 11.3. The number of hydrogen-bond donors (Lipinski definition) is 1. The van der Waals surface area contributed by atoms with Gasteiger partial charge in [0, 0.05) is 11.6 Å². The lowest BCUT2D eigenvalue weighted by atomic mass is 10.1. The molecule has 80 valence electrons. The number of halogens is 1. The Morgan fingerprint density at radius 1 is 1.53 bits per heavy atom. The lowest BCUT2D eigenvalue weighted by Gasteiger charge is -2.02. The highest BCUT2D eigenvalue weighted by Gasteiger charge is 2.06. The van der Waals surface area contributed by atoms with Gasteiger partial charge in [0.15, 0.2) is 0 Å². The van der Waals surface area contributed by atoms with E-state index in [1.165, 1.54) is 7.11 Å². The van der Waals surface area contributed by atoms with E-state index in [1.807, 2.05) is 0 Å². The van der Waals surface area contributed by atoms with E-state index in [1.54, 1.807) is 30.4 Å². The van der Waals surface area contributed by atoms with E-state index < -0.39 is 5.97 Å². The maximum atomic E-state index is 11.3. The summed E-state index contributed by atoms with van der Waals surface area (Å²) < 4.78 is 4.61. The predicted molar refractivity (Wildman–Crippen MR) is 61.9 cm³/mol. The van der Waals surface area contributed by atoms with Crippen molar-refractivity contribution in [2.75, 3.05) is 18.7 Å². The minimum Gasteiger partial charge on any atom is -0.465 e. The number of ether oxygens (including phenoxy) is 1. The van der Waals surface area contributed by atoms with Gasteiger partial charge in [-0.2, -0.15) is 0 Å². The Kier molecular flexibility index (Phi) is 4.18. The molecule has 0 unspecified atom stereocenters. The summed E-state index contributed by atoms with van der Waals surface area (Å²) in [5, 5.41) is 0. The van der Waals surface area contributed by atoms with Crippen molar-refractivity contribution in [3.8, 4) is 0 Å². The molecule has 1 rings (SSSR count). The van der Waals surface area contributed by atoms with Gasteiger partial charge in [-0.1, -0.05) is 12.2 Å². The molecule has 0 amide bonds. The maximum absolute atomic E-state index is 11.3. The molecular formula is C11H12ClNO2. The van der Waals surface area contributed by atoms with Crippen LogP contribution in [0.4, 0.5) is 5.69 Å². The molecule has 0 bridgehead atoms. The third-order valence-corrected chi connectivity index (χ3v) is 1.98. The molecule has 1 aromatic carbocycles. The molecule has 3 nitrogen and oxygen atoms in total. The lowest BCUT2D eigenvalue weighted by molar-refractivity contribution is 0.0601. The molecule has 4 heteroatoms. The zero-order valence-electron chi connectivity index (χ0n) is 8.37. The minimum atomic E-state index is -0.400. The summed E-state index contributed by atoms with van der Waals surface area (Å²) in [5.41, 5.74) is 7.44. The van der Waals surface area contributed by atoms with Crippen LogP contribution in [0.25, 0.3) is 6.08 Å². The number of anilines is 1. The van der Waals surface area contributed by atoms with E-state index in [-0.39, 0.29) is 0 Å². The van der Waals surface area contributed by atoms with Gasteiger partial charge >= 0.3 is 5.97 Å². The van der Waals surface area contributed by atoms with Crippen molar-refractivity contribution in [2.24, 2.45) is 0 Å². The van der Waals surface area contributed by atoms with E-state index in [4.69, 9.17) is 17.3 Å². The number of hydrogen-bond acceptors (Lipinski definition) is 3. The summed E-state index contributed by atoms with van der Waals surface area (Å²) in [6.45, 7) is 0. The minimum absolute atomic E-state index is 0.400. The SMILES string of the molecule is COC(=O)c1cc(N)cc(C=CCCl)c1. The number of rotatable bonds is 3. The number of esters is 1. The van der Waals surface area contributed by atoms with Crippen molar-refractivity contribution in [1.29, 1.82) is 0 Å². The highest BCUT2D eigenvalue weighted by molar-refractivity contribution is 6.19. The average molecular weight is 226 g/mol. The third kappa shape index (κ3) is 3.29. The van der Waals surface area contributed by atoms with Crippen molar-refractivity contribution in [3.63, 3.8) is 0 Å². The Morgan fingerprint density at radius 2 is 2.27 bits per heavy atom. The monoisotopic (exact) mass is 225 g/mol. The quantitative estimate of drug-likeness (QED) is 0.488. The van der Waals surface area contributed by atoms with Gasteiger partial charge in [0.1, 0.15) is 0 Å². The molecular weight excluding hydrogens is 214 g/mol. The fourth-order valence-electron chi connectivity index (χ4n) is 1.19. The van der Waals surface area contributed by atoms with Gasteiger partial charge in [0.25, 0.3) is 0 Å². The van der Waals surface area contributed by atoms with Crippen molar-refractivity contribution < 1.29 is 9.53 Å². The first-order valence-corrected chi connectivity index (χ1v) is 4.92. The van der Waals surface area contributed by atoms with E-state index in [9.17, 15) is 4.79 Å². The van der Waals surface area contributed by atoms with Crippen LogP contribution in [0, 0.1) is 0 Å². The van der Waals surface area contributed by atoms with Gasteiger partial charge in [-0.15, -0.1) is 11.6 Å². The standard InChI is InChI=1S/C11H12ClNO2/c1-15-11(14)9-5-8(3-2-4-12)6-10(13)7-9/h2-3,5-7H,4,13H2,1H3. The molecule has 2 N–H and O–H groups in total. The van der Waals surface area contributed by atoms with Gasteiger partial charge in [-0.3, -0.25) is 0 Å². The second-order valence-corrected chi connectivity index (χ2v) is 3.25. The highest BCUT2D eigenvalue weighted by Crippen LogP contribution is 2.14. The molecule has 1 aromatic rings. The number of allylic oxidation sites excluding steroid dienone is 1. The topological polar surface area (TPSA) is 52.3 Å². The molecule has 0 atom stereocenters. The van der Waals surface area contributed by atoms with Crippen LogP contribution in [-0.4, -0.2) is 19.0 Å². The van der Waals surface area contributed by atoms with Crippen molar-refractivity contribution in [1.82, 2.24) is 0 Å². The Balaban J connectivity index is 3.05. The number of nitrogens with two attached hydrogens (primary N) is 1. The first-order valence-electron chi connectivity index (χ1n) is 4.38. The zero-order chi connectivity index (χ0) is 11.3. The fraction of sp³-hybridized carbons (Fsp3) is 0.182. The molecule has 0 saturated carbocycles. The Bertz CT molecular complexity index is 388. The smallest absolute Gasteiger partial charge is 0.337 e. The molecule has 0 spiro atoms. The first kappa shape index (κ1) is 11.6. The molecule has 0 saturated heterocycles. The number of methoxy groups -OCH3 is 1. The maximum Gasteiger partial charge on any atom is 0.337 e. The molecule has 0 aliphatic rings. The molecule has 0 fully saturated rings. The number of nitrogen functional groups attached to an aromatic ring is 1. The van der Waals surface area contributed by atoms with Crippen LogP contribution in [0.15, 0.2) is 24.3 Å². The van der Waals surface area contributed by atoms with Crippen LogP contribution >= 0.6 is 11.6 Å². The first-order chi connectivity index (χ1) is 7.17. The Hall–Kier alpha value is -1.48. The van der Waals surface area contributed by atoms with Crippen molar-refractivity contribution >= 4 is 29.3 Å². The van der Waals surface area contributed by atoms with E-state index in [0.29, 0.717) is 17.1 Å². The summed E-state index contributed by atoms with van der Waals surface area (Å²) in [5.74, 6) is 0.0188. The van der Waals surface area contributed by atoms with E-state index in [2.05, 4.69) is 4.74 Å². The van der Waals surface area contributed by atoms with Gasteiger partial charge in [0.2, 0.25) is 0 Å². The van der Waals surface area contributed by atoms with Crippen LogP contribution in [0.3, 0.4) is 0 Å². The average Bonchev–Trinajstić information content (AvgIpc) is 2.24. The van der Waals surface area contributed by atoms with Gasteiger partial charge in [0.05, 0.1) is 12.7 Å². The third-order valence-electron chi connectivity index (χ3n) is 1.80. The van der Waals surface area contributed by atoms with Crippen LogP contribution in [0.5, 0.6) is 0 Å². The number of alkyl halides is 1. The van der Waals surface area contributed by atoms with Gasteiger partial charge < -0.3 is 10.5 Å². The van der Waals surface area contributed by atoms with Gasteiger partial charge in [-0.25, -0.2) is 4.79 Å². The number of carbonyl (C=O) groups is 1. The number of benzene rings is 1. The van der Waals surface area contributed by atoms with Crippen LogP contribution < -0.4 is 5.73 Å². The lowest BCUT2D eigenvalue weighted by Crippen LogP contribution is -2.02.